The lowest BCUT2D eigenvalue weighted by Gasteiger charge is -2.38. The van der Waals surface area contributed by atoms with Gasteiger partial charge in [0, 0.05) is 0 Å². The highest BCUT2D eigenvalue weighted by atomic mass is 17.1. The molecule has 2 nitrogen and oxygen atoms in total. The zero-order valence-corrected chi connectivity index (χ0v) is 9.92. The molecule has 0 aliphatic heterocycles. The normalized spacial score (nSPS) is 29.6. The van der Waals surface area contributed by atoms with E-state index in [1.54, 1.807) is 0 Å². The van der Waals surface area contributed by atoms with Crippen LogP contribution in [0.25, 0.3) is 0 Å². The largest absolute Gasteiger partial charge is 0.251 e. The van der Waals surface area contributed by atoms with Gasteiger partial charge in [0.15, 0.2) is 0 Å². The summed E-state index contributed by atoms with van der Waals surface area (Å²) in [7, 11) is 0. The van der Waals surface area contributed by atoms with Crippen molar-refractivity contribution >= 4 is 0 Å². The lowest BCUT2D eigenvalue weighted by Crippen LogP contribution is -2.36. The van der Waals surface area contributed by atoms with Crippen molar-refractivity contribution in [3.05, 3.63) is 0 Å². The van der Waals surface area contributed by atoms with E-state index >= 15 is 0 Å². The predicted octanol–water partition coefficient (Wildman–Crippen LogP) is 3.72. The van der Waals surface area contributed by atoms with Crippen LogP contribution in [0.1, 0.15) is 53.4 Å². The van der Waals surface area contributed by atoms with Gasteiger partial charge < -0.3 is 0 Å². The smallest absolute Gasteiger partial charge is 0.100 e. The standard InChI is InChI=1S/C12H24O2/c1-9(2)10-5-7-11(8-6-10)12(3,4)14-13/h9-11,13H,5-8H2,1-4H3. The van der Waals surface area contributed by atoms with Gasteiger partial charge in [0.05, 0.1) is 0 Å². The summed E-state index contributed by atoms with van der Waals surface area (Å²) in [6, 6.07) is 0. The van der Waals surface area contributed by atoms with Crippen LogP contribution >= 0.6 is 0 Å². The maximum absolute atomic E-state index is 8.82. The fraction of sp³-hybridized carbons (Fsp3) is 1.00. The molecule has 14 heavy (non-hydrogen) atoms. The predicted molar refractivity (Wildman–Crippen MR) is 58.1 cm³/mol. The molecule has 1 aliphatic rings. The monoisotopic (exact) mass is 200 g/mol. The molecule has 1 N–H and O–H groups in total. The molecule has 0 heterocycles. The quantitative estimate of drug-likeness (QED) is 0.556. The number of hydrogen-bond acceptors (Lipinski definition) is 2. The zero-order chi connectivity index (χ0) is 10.8. The second kappa shape index (κ2) is 4.63. The van der Waals surface area contributed by atoms with E-state index in [4.69, 9.17) is 5.26 Å². The lowest BCUT2D eigenvalue weighted by molar-refractivity contribution is -0.329. The molecule has 2 heteroatoms. The Labute approximate surface area is 87.6 Å². The first-order valence-corrected chi connectivity index (χ1v) is 5.80. The lowest BCUT2D eigenvalue weighted by atomic mass is 9.72. The Morgan fingerprint density at radius 3 is 2.00 bits per heavy atom. The van der Waals surface area contributed by atoms with Gasteiger partial charge in [-0.2, -0.15) is 0 Å². The second-order valence-electron chi connectivity index (χ2n) is 5.55. The van der Waals surface area contributed by atoms with E-state index in [1.807, 2.05) is 13.8 Å². The fourth-order valence-electron chi connectivity index (χ4n) is 2.56. The molecule has 0 amide bonds. The first-order chi connectivity index (χ1) is 6.47. The molecule has 1 rings (SSSR count). The highest BCUT2D eigenvalue weighted by Crippen LogP contribution is 2.39. The molecule has 84 valence electrons. The Hall–Kier alpha value is -0.0800. The van der Waals surface area contributed by atoms with E-state index < -0.39 is 0 Å². The van der Waals surface area contributed by atoms with Gasteiger partial charge in [-0.25, -0.2) is 4.89 Å². The van der Waals surface area contributed by atoms with E-state index in [-0.39, 0.29) is 5.60 Å². The Morgan fingerprint density at radius 1 is 1.14 bits per heavy atom. The first-order valence-electron chi connectivity index (χ1n) is 5.80. The van der Waals surface area contributed by atoms with E-state index in [9.17, 15) is 0 Å². The Kier molecular flexibility index (Phi) is 3.96. The van der Waals surface area contributed by atoms with Gasteiger partial charge >= 0.3 is 0 Å². The average Bonchev–Trinajstić information content (AvgIpc) is 2.18. The van der Waals surface area contributed by atoms with Crippen LogP contribution in [0.5, 0.6) is 0 Å². The number of rotatable bonds is 3. The molecule has 1 aliphatic carbocycles. The van der Waals surface area contributed by atoms with Crippen molar-refractivity contribution in [2.45, 2.75) is 59.0 Å². The molecule has 0 atom stereocenters. The summed E-state index contributed by atoms with van der Waals surface area (Å²) in [4.78, 5) is 4.57. The molecule has 0 aromatic carbocycles. The van der Waals surface area contributed by atoms with Gasteiger partial charge in [0.1, 0.15) is 5.60 Å². The summed E-state index contributed by atoms with van der Waals surface area (Å²) < 4.78 is 0. The zero-order valence-electron chi connectivity index (χ0n) is 9.92. The van der Waals surface area contributed by atoms with Gasteiger partial charge in [-0.15, -0.1) is 0 Å². The molecule has 0 bridgehead atoms. The molecular formula is C12H24O2. The molecular weight excluding hydrogens is 176 g/mol. The third-order valence-corrected chi connectivity index (χ3v) is 3.93. The maximum atomic E-state index is 8.82. The molecule has 0 spiro atoms. The van der Waals surface area contributed by atoms with Crippen LogP contribution in [-0.4, -0.2) is 10.9 Å². The molecule has 0 saturated heterocycles. The number of hydrogen-bond donors (Lipinski definition) is 1. The molecule has 1 saturated carbocycles. The average molecular weight is 200 g/mol. The van der Waals surface area contributed by atoms with Crippen LogP contribution in [0.4, 0.5) is 0 Å². The van der Waals surface area contributed by atoms with Gasteiger partial charge in [-0.3, -0.25) is 5.26 Å². The SMILES string of the molecule is CC(C)C1CCC(C(C)(C)OO)CC1. The van der Waals surface area contributed by atoms with Crippen molar-refractivity contribution in [3.8, 4) is 0 Å². The summed E-state index contributed by atoms with van der Waals surface area (Å²) in [6.45, 7) is 8.57. The van der Waals surface area contributed by atoms with Crippen molar-refractivity contribution in [2.75, 3.05) is 0 Å². The van der Waals surface area contributed by atoms with Crippen molar-refractivity contribution in [2.24, 2.45) is 17.8 Å². The van der Waals surface area contributed by atoms with Crippen LogP contribution in [0.15, 0.2) is 0 Å². The summed E-state index contributed by atoms with van der Waals surface area (Å²) in [5.74, 6) is 2.19. The van der Waals surface area contributed by atoms with E-state index in [0.717, 1.165) is 11.8 Å². The minimum absolute atomic E-state index is 0.359. The second-order valence-corrected chi connectivity index (χ2v) is 5.55. The van der Waals surface area contributed by atoms with Crippen molar-refractivity contribution in [3.63, 3.8) is 0 Å². The summed E-state index contributed by atoms with van der Waals surface area (Å²) in [5, 5.41) is 8.82. The minimum Gasteiger partial charge on any atom is -0.251 e. The third-order valence-electron chi connectivity index (χ3n) is 3.93. The van der Waals surface area contributed by atoms with Crippen LogP contribution in [0.3, 0.4) is 0 Å². The Bertz CT molecular complexity index is 167. The van der Waals surface area contributed by atoms with Gasteiger partial charge in [-0.05, 0) is 57.3 Å². The van der Waals surface area contributed by atoms with Crippen LogP contribution in [0, 0.1) is 17.8 Å². The van der Waals surface area contributed by atoms with Crippen LogP contribution in [0.2, 0.25) is 0 Å². The van der Waals surface area contributed by atoms with E-state index in [2.05, 4.69) is 18.7 Å². The molecule has 0 aromatic heterocycles. The van der Waals surface area contributed by atoms with Crippen LogP contribution in [-0.2, 0) is 4.89 Å². The van der Waals surface area contributed by atoms with Crippen molar-refractivity contribution in [1.82, 2.24) is 0 Å². The third kappa shape index (κ3) is 2.71. The highest BCUT2D eigenvalue weighted by Gasteiger charge is 2.34. The molecule has 0 aromatic rings. The Morgan fingerprint density at radius 2 is 1.64 bits per heavy atom. The first kappa shape index (κ1) is 12.0. The summed E-state index contributed by atoms with van der Waals surface area (Å²) in [6.07, 6.45) is 4.96. The minimum atomic E-state index is -0.359. The van der Waals surface area contributed by atoms with Gasteiger partial charge in [0.25, 0.3) is 0 Å². The summed E-state index contributed by atoms with van der Waals surface area (Å²) >= 11 is 0. The van der Waals surface area contributed by atoms with Gasteiger partial charge in [0.2, 0.25) is 0 Å². The van der Waals surface area contributed by atoms with E-state index in [0.29, 0.717) is 5.92 Å². The Balaban J connectivity index is 2.43. The van der Waals surface area contributed by atoms with Crippen molar-refractivity contribution < 1.29 is 10.1 Å². The fourth-order valence-corrected chi connectivity index (χ4v) is 2.56. The highest BCUT2D eigenvalue weighted by molar-refractivity contribution is 4.84. The van der Waals surface area contributed by atoms with Crippen LogP contribution < -0.4 is 0 Å². The molecule has 0 unspecified atom stereocenters. The van der Waals surface area contributed by atoms with Gasteiger partial charge in [-0.1, -0.05) is 13.8 Å². The van der Waals surface area contributed by atoms with E-state index in [1.165, 1.54) is 25.7 Å². The molecule has 0 radical (unpaired) electrons. The maximum Gasteiger partial charge on any atom is 0.100 e. The topological polar surface area (TPSA) is 29.5 Å². The summed E-state index contributed by atoms with van der Waals surface area (Å²) in [5.41, 5.74) is -0.359. The van der Waals surface area contributed by atoms with Crippen molar-refractivity contribution in [1.29, 1.82) is 0 Å². The molecule has 1 fully saturated rings.